The fourth-order valence-corrected chi connectivity index (χ4v) is 1.57. The first-order valence-corrected chi connectivity index (χ1v) is 5.14. The predicted octanol–water partition coefficient (Wildman–Crippen LogP) is 2.22. The van der Waals surface area contributed by atoms with Crippen molar-refractivity contribution in [3.63, 3.8) is 0 Å². The average Bonchev–Trinajstić information content (AvgIpc) is 2.39. The number of pyridine rings is 1. The zero-order chi connectivity index (χ0) is 11.4. The van der Waals surface area contributed by atoms with Crippen LogP contribution < -0.4 is 10.5 Å². The second-order valence-corrected chi connectivity index (χ2v) is 3.44. The summed E-state index contributed by atoms with van der Waals surface area (Å²) in [4.78, 5) is 4.43. The molecule has 2 N–H and O–H groups in total. The van der Waals surface area contributed by atoms with Gasteiger partial charge in [0.15, 0.2) is 0 Å². The van der Waals surface area contributed by atoms with E-state index in [9.17, 15) is 0 Å². The maximum Gasteiger partial charge on any atom is 0.218 e. The Labute approximate surface area is 94.9 Å². The van der Waals surface area contributed by atoms with Crippen molar-refractivity contribution in [2.24, 2.45) is 5.73 Å². The van der Waals surface area contributed by atoms with Crippen molar-refractivity contribution < 1.29 is 4.74 Å². The van der Waals surface area contributed by atoms with Crippen molar-refractivity contribution in [2.45, 2.75) is 6.54 Å². The molecule has 0 saturated carbocycles. The normalized spacial score (nSPS) is 10.1. The standard InChI is InChI=1S/C13H14N2O/c1-16-13-11(9-14)7-8-12(15-13)10-5-3-2-4-6-10/h2-8H,9,14H2,1H3. The zero-order valence-corrected chi connectivity index (χ0v) is 9.18. The van der Waals surface area contributed by atoms with Crippen LogP contribution in [0, 0.1) is 0 Å². The van der Waals surface area contributed by atoms with Crippen LogP contribution in [0.4, 0.5) is 0 Å². The van der Waals surface area contributed by atoms with Gasteiger partial charge in [0.25, 0.3) is 0 Å². The van der Waals surface area contributed by atoms with Gasteiger partial charge in [-0.25, -0.2) is 4.98 Å². The lowest BCUT2D eigenvalue weighted by molar-refractivity contribution is 0.393. The Bertz CT molecular complexity index is 469. The fraction of sp³-hybridized carbons (Fsp3) is 0.154. The van der Waals surface area contributed by atoms with E-state index in [4.69, 9.17) is 10.5 Å². The molecule has 0 aliphatic carbocycles. The van der Waals surface area contributed by atoms with Gasteiger partial charge in [0, 0.05) is 17.7 Å². The number of hydrogen-bond acceptors (Lipinski definition) is 3. The Morgan fingerprint density at radius 2 is 1.88 bits per heavy atom. The van der Waals surface area contributed by atoms with Gasteiger partial charge < -0.3 is 10.5 Å². The Hall–Kier alpha value is -1.87. The van der Waals surface area contributed by atoms with Gasteiger partial charge in [0.2, 0.25) is 5.88 Å². The van der Waals surface area contributed by atoms with Crippen molar-refractivity contribution in [3.05, 3.63) is 48.0 Å². The third-order valence-corrected chi connectivity index (χ3v) is 2.42. The summed E-state index contributed by atoms with van der Waals surface area (Å²) in [5.74, 6) is 0.601. The largest absolute Gasteiger partial charge is 0.481 e. The molecule has 0 aliphatic heterocycles. The van der Waals surface area contributed by atoms with E-state index in [1.807, 2.05) is 42.5 Å². The number of nitrogens with zero attached hydrogens (tertiary/aromatic N) is 1. The first-order valence-electron chi connectivity index (χ1n) is 5.14. The van der Waals surface area contributed by atoms with Crippen molar-refractivity contribution in [1.29, 1.82) is 0 Å². The smallest absolute Gasteiger partial charge is 0.218 e. The van der Waals surface area contributed by atoms with Crippen LogP contribution in [0.25, 0.3) is 11.3 Å². The summed E-state index contributed by atoms with van der Waals surface area (Å²) in [6, 6.07) is 13.9. The Kier molecular flexibility index (Phi) is 3.17. The van der Waals surface area contributed by atoms with Gasteiger partial charge in [-0.05, 0) is 6.07 Å². The molecular weight excluding hydrogens is 200 g/mol. The molecule has 1 heterocycles. The van der Waals surface area contributed by atoms with Crippen LogP contribution in [0.3, 0.4) is 0 Å². The molecule has 0 amide bonds. The number of ether oxygens (including phenoxy) is 1. The quantitative estimate of drug-likeness (QED) is 0.852. The molecule has 3 nitrogen and oxygen atoms in total. The molecule has 0 radical (unpaired) electrons. The lowest BCUT2D eigenvalue weighted by atomic mass is 10.1. The second-order valence-electron chi connectivity index (χ2n) is 3.44. The third kappa shape index (κ3) is 2.04. The average molecular weight is 214 g/mol. The topological polar surface area (TPSA) is 48.1 Å². The molecule has 0 unspecified atom stereocenters. The molecule has 0 spiro atoms. The van der Waals surface area contributed by atoms with E-state index in [0.717, 1.165) is 16.8 Å². The number of methoxy groups -OCH3 is 1. The second kappa shape index (κ2) is 4.77. The van der Waals surface area contributed by atoms with Crippen LogP contribution in [0.5, 0.6) is 5.88 Å². The van der Waals surface area contributed by atoms with Crippen molar-refractivity contribution >= 4 is 0 Å². The molecule has 3 heteroatoms. The van der Waals surface area contributed by atoms with Gasteiger partial charge in [-0.2, -0.15) is 0 Å². The monoisotopic (exact) mass is 214 g/mol. The van der Waals surface area contributed by atoms with Gasteiger partial charge in [0.05, 0.1) is 12.8 Å². The molecule has 0 fully saturated rings. The number of hydrogen-bond donors (Lipinski definition) is 1. The lowest BCUT2D eigenvalue weighted by Crippen LogP contribution is -2.02. The fourth-order valence-electron chi connectivity index (χ4n) is 1.57. The first-order chi connectivity index (χ1) is 7.85. The molecule has 0 aliphatic rings. The minimum Gasteiger partial charge on any atom is -0.481 e. The molecule has 16 heavy (non-hydrogen) atoms. The highest BCUT2D eigenvalue weighted by Gasteiger charge is 2.05. The van der Waals surface area contributed by atoms with E-state index in [1.165, 1.54) is 0 Å². The van der Waals surface area contributed by atoms with Gasteiger partial charge >= 0.3 is 0 Å². The molecule has 1 aromatic carbocycles. The van der Waals surface area contributed by atoms with Gasteiger partial charge in [-0.3, -0.25) is 0 Å². The minimum atomic E-state index is 0.436. The van der Waals surface area contributed by atoms with E-state index in [1.54, 1.807) is 7.11 Å². The maximum absolute atomic E-state index is 5.59. The molecule has 0 bridgehead atoms. The summed E-state index contributed by atoms with van der Waals surface area (Å²) >= 11 is 0. The highest BCUT2D eigenvalue weighted by molar-refractivity contribution is 5.60. The van der Waals surface area contributed by atoms with Crippen LogP contribution in [0.15, 0.2) is 42.5 Å². The third-order valence-electron chi connectivity index (χ3n) is 2.42. The summed E-state index contributed by atoms with van der Waals surface area (Å²) in [6.07, 6.45) is 0. The Morgan fingerprint density at radius 3 is 2.50 bits per heavy atom. The first kappa shape index (κ1) is 10.6. The number of rotatable bonds is 3. The number of nitrogens with two attached hydrogens (primary N) is 1. The number of benzene rings is 1. The van der Waals surface area contributed by atoms with E-state index in [0.29, 0.717) is 12.4 Å². The molecule has 1 aromatic heterocycles. The van der Waals surface area contributed by atoms with E-state index >= 15 is 0 Å². The summed E-state index contributed by atoms with van der Waals surface area (Å²) in [5, 5.41) is 0. The van der Waals surface area contributed by atoms with Crippen LogP contribution >= 0.6 is 0 Å². The van der Waals surface area contributed by atoms with Crippen LogP contribution in [-0.2, 0) is 6.54 Å². The van der Waals surface area contributed by atoms with Gasteiger partial charge in [-0.1, -0.05) is 36.4 Å². The summed E-state index contributed by atoms with van der Waals surface area (Å²) < 4.78 is 5.21. The van der Waals surface area contributed by atoms with Crippen LogP contribution in [-0.4, -0.2) is 12.1 Å². The predicted molar refractivity (Wildman–Crippen MR) is 64.1 cm³/mol. The molecule has 82 valence electrons. The maximum atomic E-state index is 5.59. The van der Waals surface area contributed by atoms with Crippen molar-refractivity contribution in [3.8, 4) is 17.1 Å². The Morgan fingerprint density at radius 1 is 1.12 bits per heavy atom. The highest BCUT2D eigenvalue weighted by atomic mass is 16.5. The molecular formula is C13H14N2O. The summed E-state index contributed by atoms with van der Waals surface area (Å²) in [5.41, 5.74) is 8.48. The van der Waals surface area contributed by atoms with Crippen molar-refractivity contribution in [2.75, 3.05) is 7.11 Å². The summed E-state index contributed by atoms with van der Waals surface area (Å²) in [7, 11) is 1.61. The van der Waals surface area contributed by atoms with Crippen LogP contribution in [0.1, 0.15) is 5.56 Å². The van der Waals surface area contributed by atoms with E-state index < -0.39 is 0 Å². The van der Waals surface area contributed by atoms with E-state index in [2.05, 4.69) is 4.98 Å². The highest BCUT2D eigenvalue weighted by Crippen LogP contribution is 2.22. The molecule has 0 atom stereocenters. The Balaban J connectivity index is 2.44. The molecule has 2 aromatic rings. The molecule has 2 rings (SSSR count). The van der Waals surface area contributed by atoms with Crippen molar-refractivity contribution in [1.82, 2.24) is 4.98 Å². The lowest BCUT2D eigenvalue weighted by Gasteiger charge is -2.07. The molecule has 0 saturated heterocycles. The van der Waals surface area contributed by atoms with Gasteiger partial charge in [-0.15, -0.1) is 0 Å². The summed E-state index contributed by atoms with van der Waals surface area (Å²) in [6.45, 7) is 0.436. The van der Waals surface area contributed by atoms with Crippen LogP contribution in [0.2, 0.25) is 0 Å². The SMILES string of the molecule is COc1nc(-c2ccccc2)ccc1CN. The van der Waals surface area contributed by atoms with E-state index in [-0.39, 0.29) is 0 Å². The number of aromatic nitrogens is 1. The zero-order valence-electron chi connectivity index (χ0n) is 9.18. The van der Waals surface area contributed by atoms with Gasteiger partial charge in [0.1, 0.15) is 0 Å². The minimum absolute atomic E-state index is 0.436.